The van der Waals surface area contributed by atoms with Crippen LogP contribution >= 0.6 is 27.5 Å². The molecule has 7 nitrogen and oxygen atoms in total. The predicted octanol–water partition coefficient (Wildman–Crippen LogP) is 3.25. The molecule has 2 aromatic rings. The van der Waals surface area contributed by atoms with Crippen LogP contribution in [0.4, 0.5) is 5.69 Å². The summed E-state index contributed by atoms with van der Waals surface area (Å²) in [6, 6.07) is 7.51. The molecule has 1 aromatic heterocycles. The van der Waals surface area contributed by atoms with Gasteiger partial charge in [0.1, 0.15) is 0 Å². The molecule has 0 spiro atoms. The highest BCUT2D eigenvalue weighted by Gasteiger charge is 2.27. The fourth-order valence-corrected chi connectivity index (χ4v) is 4.24. The number of rotatable bonds is 5. The van der Waals surface area contributed by atoms with Crippen LogP contribution in [0, 0.1) is 0 Å². The molecule has 0 aliphatic carbocycles. The van der Waals surface area contributed by atoms with Crippen molar-refractivity contribution in [2.45, 2.75) is 44.3 Å². The molecule has 3 heterocycles. The second-order valence-electron chi connectivity index (χ2n) is 7.14. The van der Waals surface area contributed by atoms with Crippen molar-refractivity contribution >= 4 is 45.0 Å². The molecule has 4 rings (SSSR count). The van der Waals surface area contributed by atoms with Gasteiger partial charge in [-0.1, -0.05) is 17.7 Å². The Morgan fingerprint density at radius 1 is 1.39 bits per heavy atom. The molecule has 1 saturated heterocycles. The SMILES string of the molecule is O=C1CC[C@@H](CN[C@@H]2CCCn3nc(C(=O)Nc4cccc(Br)c4Cl)cc32)N1. The van der Waals surface area contributed by atoms with Gasteiger partial charge in [0.05, 0.1) is 16.4 Å². The summed E-state index contributed by atoms with van der Waals surface area (Å²) in [6.45, 7) is 1.51. The van der Waals surface area contributed by atoms with Crippen molar-refractivity contribution in [1.82, 2.24) is 20.4 Å². The van der Waals surface area contributed by atoms with Gasteiger partial charge in [0, 0.05) is 36.1 Å². The summed E-state index contributed by atoms with van der Waals surface area (Å²) in [6.07, 6.45) is 3.42. The van der Waals surface area contributed by atoms with Crippen molar-refractivity contribution < 1.29 is 9.59 Å². The van der Waals surface area contributed by atoms with Gasteiger partial charge in [-0.25, -0.2) is 0 Å². The lowest BCUT2D eigenvalue weighted by atomic mass is 10.0. The van der Waals surface area contributed by atoms with E-state index in [1.54, 1.807) is 6.07 Å². The van der Waals surface area contributed by atoms with Gasteiger partial charge in [-0.2, -0.15) is 5.10 Å². The Morgan fingerprint density at radius 3 is 3.04 bits per heavy atom. The molecule has 2 atom stereocenters. The predicted molar refractivity (Wildman–Crippen MR) is 110 cm³/mol. The van der Waals surface area contributed by atoms with E-state index >= 15 is 0 Å². The number of nitrogens with zero attached hydrogens (tertiary/aromatic N) is 2. The van der Waals surface area contributed by atoms with Gasteiger partial charge in [-0.3, -0.25) is 14.3 Å². The van der Waals surface area contributed by atoms with Crippen molar-refractivity contribution in [2.75, 3.05) is 11.9 Å². The number of fused-ring (bicyclic) bond motifs is 1. The minimum Gasteiger partial charge on any atom is -0.352 e. The van der Waals surface area contributed by atoms with E-state index in [1.807, 2.05) is 22.9 Å². The quantitative estimate of drug-likeness (QED) is 0.631. The molecule has 3 N–H and O–H groups in total. The number of carbonyl (C=O) groups excluding carboxylic acids is 2. The highest BCUT2D eigenvalue weighted by atomic mass is 79.9. The van der Waals surface area contributed by atoms with Crippen LogP contribution in [0.1, 0.15) is 47.9 Å². The van der Waals surface area contributed by atoms with Crippen molar-refractivity contribution in [2.24, 2.45) is 0 Å². The van der Waals surface area contributed by atoms with Crippen LogP contribution in [0.5, 0.6) is 0 Å². The average molecular weight is 467 g/mol. The topological polar surface area (TPSA) is 88.0 Å². The zero-order chi connectivity index (χ0) is 19.7. The standard InChI is InChI=1S/C19H21BrClN5O2/c20-12-3-1-4-14(18(12)21)24-19(28)15-9-16-13(5-2-8-26(16)25-15)22-10-11-6-7-17(27)23-11/h1,3-4,9,11,13,22H,2,5-8,10H2,(H,23,27)(H,24,28)/t11-,13+/m0/s1. The van der Waals surface area contributed by atoms with E-state index in [4.69, 9.17) is 11.6 Å². The maximum Gasteiger partial charge on any atom is 0.276 e. The van der Waals surface area contributed by atoms with Crippen LogP contribution in [0.25, 0.3) is 0 Å². The first-order valence-electron chi connectivity index (χ1n) is 9.37. The number of aromatic nitrogens is 2. The summed E-state index contributed by atoms with van der Waals surface area (Å²) in [5.74, 6) is -0.172. The van der Waals surface area contributed by atoms with E-state index < -0.39 is 0 Å². The maximum absolute atomic E-state index is 12.7. The Hall–Kier alpha value is -1.90. The number of benzene rings is 1. The van der Waals surface area contributed by atoms with Gasteiger partial charge in [0.25, 0.3) is 5.91 Å². The summed E-state index contributed by atoms with van der Waals surface area (Å²) in [5.41, 5.74) is 1.91. The zero-order valence-corrected chi connectivity index (χ0v) is 17.5. The Kier molecular flexibility index (Phi) is 5.70. The van der Waals surface area contributed by atoms with E-state index in [2.05, 4.69) is 37.0 Å². The molecular weight excluding hydrogens is 446 g/mol. The fourth-order valence-electron chi connectivity index (χ4n) is 3.70. The third-order valence-electron chi connectivity index (χ3n) is 5.16. The minimum atomic E-state index is -0.288. The second kappa shape index (κ2) is 8.23. The van der Waals surface area contributed by atoms with Crippen LogP contribution in [0.3, 0.4) is 0 Å². The van der Waals surface area contributed by atoms with E-state index in [9.17, 15) is 9.59 Å². The van der Waals surface area contributed by atoms with E-state index in [1.165, 1.54) is 0 Å². The Bertz CT molecular complexity index is 916. The molecule has 0 bridgehead atoms. The van der Waals surface area contributed by atoms with Crippen molar-refractivity contribution in [1.29, 1.82) is 0 Å². The molecule has 0 saturated carbocycles. The van der Waals surface area contributed by atoms with E-state index in [0.717, 1.165) is 42.5 Å². The fraction of sp³-hybridized carbons (Fsp3) is 0.421. The van der Waals surface area contributed by atoms with Crippen LogP contribution in [-0.4, -0.2) is 34.2 Å². The molecule has 0 unspecified atom stereocenters. The second-order valence-corrected chi connectivity index (χ2v) is 8.37. The number of anilines is 1. The Labute approximate surface area is 176 Å². The zero-order valence-electron chi connectivity index (χ0n) is 15.2. The van der Waals surface area contributed by atoms with Crippen molar-refractivity contribution in [3.05, 3.63) is 45.1 Å². The van der Waals surface area contributed by atoms with Crippen molar-refractivity contribution in [3.63, 3.8) is 0 Å². The minimum absolute atomic E-state index is 0.116. The first-order valence-corrected chi connectivity index (χ1v) is 10.5. The lowest BCUT2D eigenvalue weighted by molar-refractivity contribution is -0.119. The molecule has 2 aliphatic rings. The normalized spacial score (nSPS) is 21.3. The lowest BCUT2D eigenvalue weighted by Crippen LogP contribution is -2.38. The van der Waals surface area contributed by atoms with E-state index in [-0.39, 0.29) is 23.9 Å². The Balaban J connectivity index is 1.45. The third-order valence-corrected chi connectivity index (χ3v) is 6.46. The summed E-state index contributed by atoms with van der Waals surface area (Å²) < 4.78 is 2.62. The number of nitrogens with one attached hydrogen (secondary N) is 3. The van der Waals surface area contributed by atoms with Gasteiger partial charge >= 0.3 is 0 Å². The number of hydrogen-bond donors (Lipinski definition) is 3. The summed E-state index contributed by atoms with van der Waals surface area (Å²) in [4.78, 5) is 24.0. The van der Waals surface area contributed by atoms with Gasteiger partial charge in [0.15, 0.2) is 5.69 Å². The molecule has 148 valence electrons. The van der Waals surface area contributed by atoms with Gasteiger partial charge < -0.3 is 16.0 Å². The van der Waals surface area contributed by atoms with Gasteiger partial charge in [0.2, 0.25) is 5.91 Å². The molecule has 0 radical (unpaired) electrons. The average Bonchev–Trinajstić information content (AvgIpc) is 3.30. The molecule has 9 heteroatoms. The number of amides is 2. The van der Waals surface area contributed by atoms with Crippen LogP contribution in [0.2, 0.25) is 5.02 Å². The van der Waals surface area contributed by atoms with Crippen molar-refractivity contribution in [3.8, 4) is 0 Å². The third kappa shape index (κ3) is 4.09. The lowest BCUT2D eigenvalue weighted by Gasteiger charge is -2.25. The van der Waals surface area contributed by atoms with Gasteiger partial charge in [-0.05, 0) is 53.4 Å². The number of aryl methyl sites for hydroxylation is 1. The Morgan fingerprint density at radius 2 is 2.25 bits per heavy atom. The smallest absolute Gasteiger partial charge is 0.276 e. The molecule has 1 aromatic carbocycles. The number of carbonyl (C=O) groups is 2. The van der Waals surface area contributed by atoms with Crippen LogP contribution in [-0.2, 0) is 11.3 Å². The summed E-state index contributed by atoms with van der Waals surface area (Å²) >= 11 is 9.59. The highest BCUT2D eigenvalue weighted by Crippen LogP contribution is 2.31. The summed E-state index contributed by atoms with van der Waals surface area (Å²) in [5, 5.41) is 14.3. The number of halogens is 2. The molecular formula is C19H21BrClN5O2. The molecule has 2 aliphatic heterocycles. The monoisotopic (exact) mass is 465 g/mol. The van der Waals surface area contributed by atoms with Gasteiger partial charge in [-0.15, -0.1) is 0 Å². The first-order chi connectivity index (χ1) is 13.5. The van der Waals surface area contributed by atoms with E-state index in [0.29, 0.717) is 22.8 Å². The summed E-state index contributed by atoms with van der Waals surface area (Å²) in [7, 11) is 0. The highest BCUT2D eigenvalue weighted by molar-refractivity contribution is 9.10. The first kappa shape index (κ1) is 19.4. The van der Waals surface area contributed by atoms with Crippen LogP contribution < -0.4 is 16.0 Å². The van der Waals surface area contributed by atoms with Crippen LogP contribution in [0.15, 0.2) is 28.7 Å². The molecule has 2 amide bonds. The molecule has 28 heavy (non-hydrogen) atoms. The largest absolute Gasteiger partial charge is 0.352 e. The number of hydrogen-bond acceptors (Lipinski definition) is 4. The maximum atomic E-state index is 12.7. The molecule has 1 fully saturated rings.